The summed E-state index contributed by atoms with van der Waals surface area (Å²) in [6.07, 6.45) is 7.38. The Hall–Kier alpha value is -0.590. The van der Waals surface area contributed by atoms with Crippen molar-refractivity contribution in [1.82, 2.24) is 10.6 Å². The molecule has 0 saturated heterocycles. The van der Waals surface area contributed by atoms with Crippen LogP contribution in [0.1, 0.15) is 66.2 Å². The molecule has 3 nitrogen and oxygen atoms in total. The first-order valence-electron chi connectivity index (χ1n) is 8.67. The molecule has 3 heteroatoms. The Morgan fingerprint density at radius 2 is 1.86 bits per heavy atom. The Kier molecular flexibility index (Phi) is 2.56. The van der Waals surface area contributed by atoms with Gasteiger partial charge in [-0.3, -0.25) is 0 Å². The second kappa shape index (κ2) is 3.84. The van der Waals surface area contributed by atoms with Crippen LogP contribution in [0, 0.1) is 28.6 Å². The number of rotatable bonds is 5. The molecule has 0 aromatic rings. The van der Waals surface area contributed by atoms with Crippen LogP contribution in [0.3, 0.4) is 0 Å². The molecule has 4 bridgehead atoms. The van der Waals surface area contributed by atoms with Crippen LogP contribution in [-0.4, -0.2) is 22.7 Å². The molecule has 116 valence electrons. The molecule has 21 heavy (non-hydrogen) atoms. The maximum atomic E-state index is 9.12. The maximum absolute atomic E-state index is 9.12. The Labute approximate surface area is 128 Å². The van der Waals surface area contributed by atoms with Crippen molar-refractivity contribution in [2.24, 2.45) is 17.3 Å². The molecule has 2 atom stereocenters. The zero-order valence-corrected chi connectivity index (χ0v) is 13.9. The smallest absolute Gasteiger partial charge is 0.0691 e. The first-order valence-corrected chi connectivity index (χ1v) is 8.67. The molecule has 6 aliphatic rings. The Morgan fingerprint density at radius 1 is 1.24 bits per heavy atom. The average Bonchev–Trinajstić information content (AvgIpc) is 2.23. The fraction of sp³-hybridized carbons (Fsp3) is 0.944. The van der Waals surface area contributed by atoms with Gasteiger partial charge in [-0.25, -0.2) is 0 Å². The van der Waals surface area contributed by atoms with Crippen LogP contribution < -0.4 is 10.6 Å². The van der Waals surface area contributed by atoms with Gasteiger partial charge in [-0.15, -0.1) is 0 Å². The molecule has 0 aromatic carbocycles. The van der Waals surface area contributed by atoms with Gasteiger partial charge in [0, 0.05) is 22.7 Å². The minimum Gasteiger partial charge on any atom is -0.309 e. The molecule has 2 N–H and O–H groups in total. The van der Waals surface area contributed by atoms with Gasteiger partial charge < -0.3 is 10.6 Å². The van der Waals surface area contributed by atoms with E-state index >= 15 is 0 Å². The van der Waals surface area contributed by atoms with Crippen molar-refractivity contribution >= 4 is 0 Å². The van der Waals surface area contributed by atoms with E-state index in [4.69, 9.17) is 5.26 Å². The molecular formula is C18H29N3. The molecule has 0 aromatic heterocycles. The fourth-order valence-corrected chi connectivity index (χ4v) is 5.98. The number of nitrogens with one attached hydrogen (secondary N) is 2. The third-order valence-electron chi connectivity index (χ3n) is 6.58. The van der Waals surface area contributed by atoms with Gasteiger partial charge in [0.25, 0.3) is 0 Å². The third-order valence-corrected chi connectivity index (χ3v) is 6.58. The van der Waals surface area contributed by atoms with E-state index in [1.807, 2.05) is 0 Å². The van der Waals surface area contributed by atoms with Crippen LogP contribution in [0.4, 0.5) is 0 Å². The molecule has 0 amide bonds. The lowest BCUT2D eigenvalue weighted by molar-refractivity contribution is -0.162. The van der Waals surface area contributed by atoms with Crippen molar-refractivity contribution in [3.8, 4) is 6.07 Å². The Balaban J connectivity index is 1.29. The van der Waals surface area contributed by atoms with Crippen LogP contribution >= 0.6 is 0 Å². The predicted octanol–water partition coefficient (Wildman–Crippen LogP) is 2.97. The van der Waals surface area contributed by atoms with Crippen LogP contribution in [0.5, 0.6) is 0 Å². The summed E-state index contributed by atoms with van der Waals surface area (Å²) >= 11 is 0. The SMILES string of the molecule is CC(CC1C2CC1(NC(C)(C)C)C2)NC12CC(C#N)(C1)C2. The van der Waals surface area contributed by atoms with E-state index < -0.39 is 0 Å². The minimum absolute atomic E-state index is 0.0698. The monoisotopic (exact) mass is 287 g/mol. The number of nitrogens with zero attached hydrogens (tertiary/aromatic N) is 1. The van der Waals surface area contributed by atoms with Gasteiger partial charge in [0.15, 0.2) is 0 Å². The zero-order valence-electron chi connectivity index (χ0n) is 13.9. The summed E-state index contributed by atoms with van der Waals surface area (Å²) in [6.45, 7) is 9.21. The lowest BCUT2D eigenvalue weighted by atomic mass is 9.39. The first-order chi connectivity index (χ1) is 9.69. The summed E-state index contributed by atoms with van der Waals surface area (Å²) in [5.74, 6) is 1.85. The summed E-state index contributed by atoms with van der Waals surface area (Å²) in [4.78, 5) is 0. The van der Waals surface area contributed by atoms with Crippen LogP contribution in [0.2, 0.25) is 0 Å². The van der Waals surface area contributed by atoms with Crippen molar-refractivity contribution in [3.05, 3.63) is 0 Å². The number of hydrogen-bond donors (Lipinski definition) is 2. The van der Waals surface area contributed by atoms with Crippen molar-refractivity contribution < 1.29 is 0 Å². The number of nitriles is 1. The molecule has 6 fully saturated rings. The van der Waals surface area contributed by atoms with Crippen LogP contribution in [-0.2, 0) is 0 Å². The zero-order chi connectivity index (χ0) is 15.1. The summed E-state index contributed by atoms with van der Waals surface area (Å²) in [6, 6.07) is 3.09. The van der Waals surface area contributed by atoms with Gasteiger partial charge in [-0.05, 0) is 78.1 Å². The Bertz CT molecular complexity index is 484. The highest BCUT2D eigenvalue weighted by atomic mass is 15.1. The van der Waals surface area contributed by atoms with Crippen molar-refractivity contribution in [2.75, 3.05) is 0 Å². The van der Waals surface area contributed by atoms with E-state index in [-0.39, 0.29) is 11.0 Å². The van der Waals surface area contributed by atoms with E-state index in [1.54, 1.807) is 0 Å². The van der Waals surface area contributed by atoms with Gasteiger partial charge in [-0.2, -0.15) is 5.26 Å². The largest absolute Gasteiger partial charge is 0.309 e. The lowest BCUT2D eigenvalue weighted by Crippen LogP contribution is -2.78. The summed E-state index contributed by atoms with van der Waals surface area (Å²) in [5.41, 5.74) is 1.09. The Morgan fingerprint density at radius 3 is 2.29 bits per heavy atom. The molecule has 0 spiro atoms. The second-order valence-electron chi connectivity index (χ2n) is 9.79. The average molecular weight is 287 g/mol. The van der Waals surface area contributed by atoms with E-state index in [0.717, 1.165) is 31.1 Å². The van der Waals surface area contributed by atoms with E-state index in [0.29, 0.717) is 17.1 Å². The highest BCUT2D eigenvalue weighted by Crippen LogP contribution is 2.67. The third kappa shape index (κ3) is 1.92. The first kappa shape index (κ1) is 14.0. The van der Waals surface area contributed by atoms with E-state index in [9.17, 15) is 0 Å². The summed E-state index contributed by atoms with van der Waals surface area (Å²) in [5, 5.41) is 16.9. The standard InChI is InChI=1S/C18H29N3/c1-12(20-17-8-16(9-17,10-17)11-19)5-14-13-6-18(14,7-13)21-15(2,3)4/h12-14,20-21H,5-10H2,1-4H3. The molecule has 6 aliphatic carbocycles. The molecule has 2 unspecified atom stereocenters. The van der Waals surface area contributed by atoms with Gasteiger partial charge in [0.05, 0.1) is 11.5 Å². The molecule has 0 radical (unpaired) electrons. The van der Waals surface area contributed by atoms with Gasteiger partial charge in [0.2, 0.25) is 0 Å². The topological polar surface area (TPSA) is 47.8 Å². The molecule has 0 heterocycles. The quantitative estimate of drug-likeness (QED) is 0.817. The molecule has 0 aliphatic heterocycles. The lowest BCUT2D eigenvalue weighted by Gasteiger charge is -2.72. The highest BCUT2D eigenvalue weighted by molar-refractivity contribution is 5.31. The van der Waals surface area contributed by atoms with Gasteiger partial charge in [-0.1, -0.05) is 0 Å². The van der Waals surface area contributed by atoms with Crippen molar-refractivity contribution in [3.63, 3.8) is 0 Å². The maximum Gasteiger partial charge on any atom is 0.0691 e. The second-order valence-corrected chi connectivity index (χ2v) is 9.79. The molecule has 6 saturated carbocycles. The van der Waals surface area contributed by atoms with E-state index in [2.05, 4.69) is 44.4 Å². The van der Waals surface area contributed by atoms with Crippen molar-refractivity contribution in [2.45, 2.75) is 88.9 Å². The molecule has 6 rings (SSSR count). The molecular weight excluding hydrogens is 258 g/mol. The highest BCUT2D eigenvalue weighted by Gasteiger charge is 2.69. The van der Waals surface area contributed by atoms with Gasteiger partial charge in [0.1, 0.15) is 0 Å². The summed E-state index contributed by atoms with van der Waals surface area (Å²) < 4.78 is 0. The van der Waals surface area contributed by atoms with Crippen LogP contribution in [0.25, 0.3) is 0 Å². The van der Waals surface area contributed by atoms with Crippen molar-refractivity contribution in [1.29, 1.82) is 5.26 Å². The number of hydrogen-bond acceptors (Lipinski definition) is 3. The van der Waals surface area contributed by atoms with Crippen LogP contribution in [0.15, 0.2) is 0 Å². The van der Waals surface area contributed by atoms with Gasteiger partial charge >= 0.3 is 0 Å². The van der Waals surface area contributed by atoms with E-state index in [1.165, 1.54) is 19.3 Å². The normalized spacial score (nSPS) is 50.8. The fourth-order valence-electron chi connectivity index (χ4n) is 5.98. The summed E-state index contributed by atoms with van der Waals surface area (Å²) in [7, 11) is 0. The minimum atomic E-state index is 0.0698. The predicted molar refractivity (Wildman–Crippen MR) is 83.7 cm³/mol.